The van der Waals surface area contributed by atoms with E-state index >= 15 is 0 Å². The maximum atomic E-state index is 12.7. The lowest BCUT2D eigenvalue weighted by Crippen LogP contribution is -2.48. The van der Waals surface area contributed by atoms with Crippen LogP contribution in [0.3, 0.4) is 0 Å². The van der Waals surface area contributed by atoms with Gasteiger partial charge in [0.1, 0.15) is 5.69 Å². The number of hydrogen-bond acceptors (Lipinski definition) is 7. The van der Waals surface area contributed by atoms with Gasteiger partial charge < -0.3 is 25.0 Å². The fourth-order valence-corrected chi connectivity index (χ4v) is 4.11. The molecule has 2 aromatic heterocycles. The summed E-state index contributed by atoms with van der Waals surface area (Å²) in [4.78, 5) is 37.3. The monoisotopic (exact) mass is 525 g/mol. The number of amides is 1. The van der Waals surface area contributed by atoms with E-state index in [1.807, 2.05) is 49.1 Å². The number of halogens is 1. The number of aromatic nitrogens is 3. The highest BCUT2D eigenvalue weighted by Crippen LogP contribution is 2.25. The average Bonchev–Trinajstić information content (AvgIpc) is 2.83. The Balaban J connectivity index is 1.45. The minimum atomic E-state index is -0.114. The summed E-state index contributed by atoms with van der Waals surface area (Å²) >= 11 is 3.46. The first-order valence-electron chi connectivity index (χ1n) is 11.2. The lowest BCUT2D eigenvalue weighted by Gasteiger charge is -2.35. The molecule has 0 atom stereocenters. The van der Waals surface area contributed by atoms with Crippen molar-refractivity contribution in [3.8, 4) is 0 Å². The van der Waals surface area contributed by atoms with E-state index in [-0.39, 0.29) is 17.5 Å². The van der Waals surface area contributed by atoms with Crippen molar-refractivity contribution >= 4 is 50.7 Å². The summed E-state index contributed by atoms with van der Waals surface area (Å²) < 4.78 is 2.32. The van der Waals surface area contributed by atoms with Gasteiger partial charge >= 0.3 is 0 Å². The number of nitrogens with one attached hydrogen (secondary N) is 2. The quantitative estimate of drug-likeness (QED) is 0.499. The molecule has 0 saturated carbocycles. The smallest absolute Gasteiger partial charge is 0.274 e. The Bertz CT molecular complexity index is 1220. The lowest BCUT2D eigenvalue weighted by molar-refractivity contribution is -0.129. The summed E-state index contributed by atoms with van der Waals surface area (Å²) in [5.41, 5.74) is 2.28. The summed E-state index contributed by atoms with van der Waals surface area (Å²) in [6.45, 7) is 8.65. The minimum Gasteiger partial charge on any atom is -0.368 e. The Morgan fingerprint density at radius 3 is 2.41 bits per heavy atom. The topological polar surface area (TPSA) is 95.4 Å². The van der Waals surface area contributed by atoms with Gasteiger partial charge in [-0.3, -0.25) is 9.59 Å². The van der Waals surface area contributed by atoms with E-state index in [1.54, 1.807) is 30.0 Å². The van der Waals surface area contributed by atoms with E-state index in [0.717, 1.165) is 37.6 Å². The molecule has 2 N–H and O–H groups in total. The Morgan fingerprint density at radius 2 is 1.76 bits per heavy atom. The molecule has 0 aliphatic carbocycles. The first kappa shape index (κ1) is 23.7. The van der Waals surface area contributed by atoms with E-state index in [9.17, 15) is 9.59 Å². The first-order valence-corrected chi connectivity index (χ1v) is 12.0. The second-order valence-electron chi connectivity index (χ2n) is 8.41. The molecule has 3 heterocycles. The Kier molecular flexibility index (Phi) is 7.16. The fraction of sp³-hybridized carbons (Fsp3) is 0.333. The highest BCUT2D eigenvalue weighted by atomic mass is 79.9. The fourth-order valence-electron chi connectivity index (χ4n) is 3.82. The van der Waals surface area contributed by atoms with Gasteiger partial charge in [0.25, 0.3) is 5.56 Å². The second-order valence-corrected chi connectivity index (χ2v) is 9.26. The van der Waals surface area contributed by atoms with Crippen molar-refractivity contribution in [2.24, 2.45) is 0 Å². The zero-order chi connectivity index (χ0) is 24.2. The van der Waals surface area contributed by atoms with E-state index in [4.69, 9.17) is 0 Å². The molecule has 9 nitrogen and oxygen atoms in total. The van der Waals surface area contributed by atoms with Gasteiger partial charge in [-0.15, -0.1) is 0 Å². The van der Waals surface area contributed by atoms with Crippen molar-refractivity contribution in [3.63, 3.8) is 0 Å². The van der Waals surface area contributed by atoms with Crippen molar-refractivity contribution in [2.75, 3.05) is 41.7 Å². The molecule has 0 radical (unpaired) electrons. The van der Waals surface area contributed by atoms with Crippen LogP contribution in [0.1, 0.15) is 26.8 Å². The highest BCUT2D eigenvalue weighted by molar-refractivity contribution is 9.10. The number of rotatable bonds is 6. The van der Waals surface area contributed by atoms with Gasteiger partial charge in [0, 0.05) is 62.9 Å². The van der Waals surface area contributed by atoms with E-state index in [0.29, 0.717) is 21.9 Å². The lowest BCUT2D eigenvalue weighted by atomic mass is 10.2. The molecule has 178 valence electrons. The predicted molar refractivity (Wildman–Crippen MR) is 138 cm³/mol. The van der Waals surface area contributed by atoms with Crippen molar-refractivity contribution in [2.45, 2.75) is 26.8 Å². The van der Waals surface area contributed by atoms with Crippen molar-refractivity contribution < 1.29 is 4.79 Å². The number of nitrogens with zero attached hydrogens (tertiary/aromatic N) is 5. The molecule has 1 aliphatic heterocycles. The third-order valence-electron chi connectivity index (χ3n) is 5.74. The predicted octanol–water partition coefficient (Wildman–Crippen LogP) is 4.14. The number of anilines is 5. The molecule has 0 unspecified atom stereocenters. The summed E-state index contributed by atoms with van der Waals surface area (Å²) in [7, 11) is 0. The maximum absolute atomic E-state index is 12.7. The Hall–Kier alpha value is -3.40. The van der Waals surface area contributed by atoms with Gasteiger partial charge in [-0.2, -0.15) is 4.98 Å². The van der Waals surface area contributed by atoms with Gasteiger partial charge in [-0.05, 0) is 66.2 Å². The average molecular weight is 526 g/mol. The van der Waals surface area contributed by atoms with Crippen molar-refractivity contribution in [1.29, 1.82) is 0 Å². The first-order chi connectivity index (χ1) is 16.3. The van der Waals surface area contributed by atoms with Crippen LogP contribution < -0.4 is 21.1 Å². The third kappa shape index (κ3) is 5.39. The minimum absolute atomic E-state index is 0.0568. The molecule has 1 aromatic carbocycles. The van der Waals surface area contributed by atoms with Gasteiger partial charge in [-0.1, -0.05) is 0 Å². The zero-order valence-corrected chi connectivity index (χ0v) is 21.0. The van der Waals surface area contributed by atoms with E-state index in [1.165, 1.54) is 0 Å². The van der Waals surface area contributed by atoms with Crippen LogP contribution in [0.2, 0.25) is 0 Å². The molecule has 10 heteroatoms. The van der Waals surface area contributed by atoms with Gasteiger partial charge in [0.05, 0.1) is 4.47 Å². The SMILES string of the molecule is CC(=O)N1CCN(c2ccc(Nc3ncc(Br)c(Nc4cccn(C(C)C)c4=O)n3)cc2)CC1. The van der Waals surface area contributed by atoms with Crippen LogP contribution in [0, 0.1) is 0 Å². The number of carbonyl (C=O) groups is 1. The largest absolute Gasteiger partial charge is 0.368 e. The number of carbonyl (C=O) groups excluding carboxylic acids is 1. The van der Waals surface area contributed by atoms with Crippen LogP contribution in [-0.2, 0) is 4.79 Å². The van der Waals surface area contributed by atoms with E-state index in [2.05, 4.69) is 41.4 Å². The molecular weight excluding hydrogens is 498 g/mol. The molecule has 34 heavy (non-hydrogen) atoms. The molecule has 1 aliphatic rings. The molecular formula is C24H28BrN7O2. The Morgan fingerprint density at radius 1 is 1.06 bits per heavy atom. The third-order valence-corrected chi connectivity index (χ3v) is 6.32. The standard InChI is InChI=1S/C24H28BrN7O2/c1-16(2)32-10-4-5-21(23(32)34)28-22-20(25)15-26-24(29-22)27-18-6-8-19(9-7-18)31-13-11-30(12-14-31)17(3)33/h4-10,15-16H,11-14H2,1-3H3,(H2,26,27,28,29). The van der Waals surface area contributed by atoms with Crippen LogP contribution in [0.15, 0.2) is 58.1 Å². The molecule has 1 fully saturated rings. The van der Waals surface area contributed by atoms with E-state index < -0.39 is 0 Å². The van der Waals surface area contributed by atoms with Crippen LogP contribution in [0.25, 0.3) is 0 Å². The second kappa shape index (κ2) is 10.3. The molecule has 0 bridgehead atoms. The summed E-state index contributed by atoms with van der Waals surface area (Å²) in [5.74, 6) is 1.03. The number of hydrogen-bond donors (Lipinski definition) is 2. The van der Waals surface area contributed by atoms with Crippen LogP contribution in [0.4, 0.5) is 28.8 Å². The van der Waals surface area contributed by atoms with Crippen molar-refractivity contribution in [1.82, 2.24) is 19.4 Å². The van der Waals surface area contributed by atoms with Gasteiger partial charge in [-0.25, -0.2) is 4.98 Å². The normalized spacial score (nSPS) is 13.8. The van der Waals surface area contributed by atoms with Gasteiger partial charge in [0.2, 0.25) is 11.9 Å². The molecule has 1 amide bonds. The van der Waals surface area contributed by atoms with Crippen LogP contribution in [0.5, 0.6) is 0 Å². The van der Waals surface area contributed by atoms with Crippen LogP contribution >= 0.6 is 15.9 Å². The summed E-state index contributed by atoms with van der Waals surface area (Å²) in [6.07, 6.45) is 3.41. The number of pyridine rings is 1. The number of benzene rings is 1. The zero-order valence-electron chi connectivity index (χ0n) is 19.5. The van der Waals surface area contributed by atoms with Crippen molar-refractivity contribution in [3.05, 3.63) is 63.6 Å². The molecule has 4 rings (SSSR count). The summed E-state index contributed by atoms with van der Waals surface area (Å²) in [5, 5.41) is 6.34. The number of piperazine rings is 1. The molecule has 3 aromatic rings. The Labute approximate surface area is 207 Å². The molecule has 1 saturated heterocycles. The molecule has 0 spiro atoms. The van der Waals surface area contributed by atoms with Gasteiger partial charge in [0.15, 0.2) is 5.82 Å². The summed E-state index contributed by atoms with van der Waals surface area (Å²) in [6, 6.07) is 11.7. The maximum Gasteiger partial charge on any atom is 0.274 e. The van der Waals surface area contributed by atoms with Crippen LogP contribution in [-0.4, -0.2) is 51.5 Å². The highest BCUT2D eigenvalue weighted by Gasteiger charge is 2.18.